The molecule has 0 atom stereocenters. The molecule has 3 rings (SSSR count). The number of nitrogens with zero attached hydrogens (tertiary/aromatic N) is 2. The molecule has 1 saturated carbocycles. The lowest BCUT2D eigenvalue weighted by molar-refractivity contribution is 0.346. The number of hydrogen-bond acceptors (Lipinski definition) is 2. The van der Waals surface area contributed by atoms with Crippen molar-refractivity contribution in [3.63, 3.8) is 0 Å². The highest BCUT2D eigenvalue weighted by Crippen LogP contribution is 2.52. The largest absolute Gasteiger partial charge is 0.351 e. The Hall–Kier alpha value is -1.02. The fraction of sp³-hybridized carbons (Fsp3) is 0.625. The number of likely N-dealkylation sites (tertiary alicyclic amines) is 1. The van der Waals surface area contributed by atoms with E-state index in [4.69, 9.17) is 0 Å². The van der Waals surface area contributed by atoms with E-state index in [9.17, 15) is 0 Å². The predicted molar refractivity (Wildman–Crippen MR) is 76.1 cm³/mol. The van der Waals surface area contributed by atoms with Crippen LogP contribution in [0.2, 0.25) is 0 Å². The molecule has 0 unspecified atom stereocenters. The fourth-order valence-electron chi connectivity index (χ4n) is 3.51. The van der Waals surface area contributed by atoms with Gasteiger partial charge in [0.1, 0.15) is 0 Å². The summed E-state index contributed by atoms with van der Waals surface area (Å²) in [5.74, 6) is 0. The highest BCUT2D eigenvalue weighted by molar-refractivity contribution is 5.40. The van der Waals surface area contributed by atoms with Crippen LogP contribution in [0.1, 0.15) is 33.1 Å². The number of allylic oxidation sites excluding steroid dienone is 2. The zero-order valence-electron chi connectivity index (χ0n) is 11.9. The molecule has 0 radical (unpaired) electrons. The van der Waals surface area contributed by atoms with Crippen molar-refractivity contribution in [2.45, 2.75) is 33.1 Å². The van der Waals surface area contributed by atoms with E-state index < -0.39 is 0 Å². The molecule has 98 valence electrons. The minimum absolute atomic E-state index is 0.744. The SMILES string of the molecule is C/C=C1/C(C)=CC(CN2CCC3(CC3)C2)=CN1C. The maximum absolute atomic E-state index is 2.64. The molecule has 0 bridgehead atoms. The molecule has 2 fully saturated rings. The van der Waals surface area contributed by atoms with Crippen molar-refractivity contribution in [2.75, 3.05) is 26.7 Å². The van der Waals surface area contributed by atoms with Gasteiger partial charge in [-0.05, 0) is 56.2 Å². The molecule has 1 saturated heterocycles. The first-order chi connectivity index (χ1) is 8.62. The maximum Gasteiger partial charge on any atom is 0.0390 e. The molecule has 2 heterocycles. The summed E-state index contributed by atoms with van der Waals surface area (Å²) in [5.41, 5.74) is 4.92. The molecule has 2 nitrogen and oxygen atoms in total. The van der Waals surface area contributed by atoms with Crippen LogP contribution in [-0.4, -0.2) is 36.5 Å². The van der Waals surface area contributed by atoms with Crippen LogP contribution in [0.5, 0.6) is 0 Å². The van der Waals surface area contributed by atoms with E-state index in [1.807, 2.05) is 0 Å². The molecular weight excluding hydrogens is 220 g/mol. The van der Waals surface area contributed by atoms with Gasteiger partial charge in [0, 0.05) is 32.0 Å². The standard InChI is InChI=1S/C16H24N2/c1-4-15-13(2)9-14(10-17(15)3)11-18-8-7-16(12-18)5-6-16/h4,9-10H,5-8,11-12H2,1-3H3/b15-4-. The minimum atomic E-state index is 0.744. The van der Waals surface area contributed by atoms with Gasteiger partial charge >= 0.3 is 0 Å². The second kappa shape index (κ2) is 4.27. The zero-order valence-corrected chi connectivity index (χ0v) is 11.9. The van der Waals surface area contributed by atoms with E-state index in [1.54, 1.807) is 0 Å². The van der Waals surface area contributed by atoms with Crippen molar-refractivity contribution in [1.82, 2.24) is 9.80 Å². The summed E-state index contributed by atoms with van der Waals surface area (Å²) in [5, 5.41) is 0. The topological polar surface area (TPSA) is 6.48 Å². The Labute approximate surface area is 111 Å². The third-order valence-corrected chi connectivity index (χ3v) is 4.70. The van der Waals surface area contributed by atoms with Crippen molar-refractivity contribution < 1.29 is 0 Å². The molecule has 2 heteroatoms. The molecule has 0 aromatic carbocycles. The second-order valence-electron chi connectivity index (χ2n) is 6.28. The molecule has 3 aliphatic rings. The van der Waals surface area contributed by atoms with E-state index in [1.165, 1.54) is 49.2 Å². The lowest BCUT2D eigenvalue weighted by Crippen LogP contribution is -2.26. The van der Waals surface area contributed by atoms with E-state index in [2.05, 4.69) is 49.0 Å². The zero-order chi connectivity index (χ0) is 12.8. The van der Waals surface area contributed by atoms with Gasteiger partial charge in [0.05, 0.1) is 0 Å². The second-order valence-corrected chi connectivity index (χ2v) is 6.28. The van der Waals surface area contributed by atoms with Crippen molar-refractivity contribution in [2.24, 2.45) is 5.41 Å². The van der Waals surface area contributed by atoms with Gasteiger partial charge in [-0.25, -0.2) is 0 Å². The van der Waals surface area contributed by atoms with Crippen LogP contribution in [0.25, 0.3) is 0 Å². The molecule has 1 spiro atoms. The lowest BCUT2D eigenvalue weighted by Gasteiger charge is -2.27. The Balaban J connectivity index is 1.67. The average Bonchev–Trinajstić information content (AvgIpc) is 2.93. The van der Waals surface area contributed by atoms with Gasteiger partial charge < -0.3 is 4.90 Å². The van der Waals surface area contributed by atoms with E-state index in [0.717, 1.165) is 12.0 Å². The van der Waals surface area contributed by atoms with E-state index in [0.29, 0.717) is 0 Å². The quantitative estimate of drug-likeness (QED) is 0.736. The smallest absolute Gasteiger partial charge is 0.0390 e. The molecule has 1 aliphatic carbocycles. The first-order valence-corrected chi connectivity index (χ1v) is 7.13. The maximum atomic E-state index is 2.64. The number of likely N-dealkylation sites (N-methyl/N-ethyl adjacent to an activating group) is 1. The fourth-order valence-corrected chi connectivity index (χ4v) is 3.51. The highest BCUT2D eigenvalue weighted by atomic mass is 15.2. The van der Waals surface area contributed by atoms with Gasteiger partial charge in [-0.15, -0.1) is 0 Å². The van der Waals surface area contributed by atoms with Crippen LogP contribution in [0.4, 0.5) is 0 Å². The van der Waals surface area contributed by atoms with Crippen LogP contribution in [-0.2, 0) is 0 Å². The Kier molecular flexibility index (Phi) is 2.86. The van der Waals surface area contributed by atoms with E-state index in [-0.39, 0.29) is 0 Å². The summed E-state index contributed by atoms with van der Waals surface area (Å²) in [4.78, 5) is 4.89. The highest BCUT2D eigenvalue weighted by Gasteiger charge is 2.47. The molecule has 2 aliphatic heterocycles. The molecule has 0 amide bonds. The third-order valence-electron chi connectivity index (χ3n) is 4.70. The molecule has 0 N–H and O–H groups in total. The molecule has 0 aromatic rings. The summed E-state index contributed by atoms with van der Waals surface area (Å²) in [6.45, 7) is 8.08. The Morgan fingerprint density at radius 3 is 2.67 bits per heavy atom. The van der Waals surface area contributed by atoms with Crippen LogP contribution >= 0.6 is 0 Å². The number of rotatable bonds is 2. The summed E-state index contributed by atoms with van der Waals surface area (Å²) >= 11 is 0. The Morgan fingerprint density at radius 2 is 2.11 bits per heavy atom. The average molecular weight is 244 g/mol. The van der Waals surface area contributed by atoms with Crippen molar-refractivity contribution in [3.05, 3.63) is 35.2 Å². The van der Waals surface area contributed by atoms with Crippen LogP contribution in [0.15, 0.2) is 35.2 Å². The van der Waals surface area contributed by atoms with Crippen molar-refractivity contribution in [3.8, 4) is 0 Å². The van der Waals surface area contributed by atoms with E-state index >= 15 is 0 Å². The summed E-state index contributed by atoms with van der Waals surface area (Å²) in [6, 6.07) is 0. The first-order valence-electron chi connectivity index (χ1n) is 7.13. The Bertz CT molecular complexity index is 438. The van der Waals surface area contributed by atoms with Gasteiger partial charge in [-0.2, -0.15) is 0 Å². The summed E-state index contributed by atoms with van der Waals surface area (Å²) in [6.07, 6.45) is 11.2. The van der Waals surface area contributed by atoms with Gasteiger partial charge in [-0.1, -0.05) is 12.2 Å². The summed E-state index contributed by atoms with van der Waals surface area (Å²) < 4.78 is 0. The minimum Gasteiger partial charge on any atom is -0.351 e. The third kappa shape index (κ3) is 2.14. The van der Waals surface area contributed by atoms with Gasteiger partial charge in [-0.3, -0.25) is 4.90 Å². The number of hydrogen-bond donors (Lipinski definition) is 0. The lowest BCUT2D eigenvalue weighted by atomic mass is 10.1. The van der Waals surface area contributed by atoms with Crippen LogP contribution in [0, 0.1) is 5.41 Å². The summed E-state index contributed by atoms with van der Waals surface area (Å²) in [7, 11) is 2.15. The predicted octanol–water partition coefficient (Wildman–Crippen LogP) is 3.15. The van der Waals surface area contributed by atoms with Crippen LogP contribution in [0.3, 0.4) is 0 Å². The molecule has 18 heavy (non-hydrogen) atoms. The normalized spacial score (nSPS) is 28.8. The van der Waals surface area contributed by atoms with Crippen molar-refractivity contribution >= 4 is 0 Å². The first kappa shape index (κ1) is 12.0. The van der Waals surface area contributed by atoms with Crippen molar-refractivity contribution in [1.29, 1.82) is 0 Å². The van der Waals surface area contributed by atoms with Gasteiger partial charge in [0.25, 0.3) is 0 Å². The molecular formula is C16H24N2. The van der Waals surface area contributed by atoms with Gasteiger partial charge in [0.15, 0.2) is 0 Å². The molecule has 0 aromatic heterocycles. The monoisotopic (exact) mass is 244 g/mol. The Morgan fingerprint density at radius 1 is 1.33 bits per heavy atom. The van der Waals surface area contributed by atoms with Crippen LogP contribution < -0.4 is 0 Å². The van der Waals surface area contributed by atoms with Gasteiger partial charge in [0.2, 0.25) is 0 Å².